The Balaban J connectivity index is 1.47. The minimum Gasteiger partial charge on any atom is -0.493 e. The minimum absolute atomic E-state index is 0.230. The molecule has 0 atom stereocenters. The van der Waals surface area contributed by atoms with Gasteiger partial charge in [-0.2, -0.15) is 0 Å². The van der Waals surface area contributed by atoms with E-state index in [2.05, 4.69) is 31.2 Å². The van der Waals surface area contributed by atoms with Crippen molar-refractivity contribution in [2.45, 2.75) is 13.2 Å². The molecule has 154 valence electrons. The Morgan fingerprint density at radius 3 is 2.53 bits per heavy atom. The molecule has 3 N–H and O–H groups in total. The van der Waals surface area contributed by atoms with Gasteiger partial charge in [0, 0.05) is 12.2 Å². The van der Waals surface area contributed by atoms with E-state index in [-0.39, 0.29) is 11.5 Å². The third-order valence-corrected chi connectivity index (χ3v) is 5.19. The number of aromatic amines is 2. The van der Waals surface area contributed by atoms with Crippen molar-refractivity contribution in [3.63, 3.8) is 0 Å². The lowest BCUT2D eigenvalue weighted by molar-refractivity contribution is 0.282. The highest BCUT2D eigenvalue weighted by molar-refractivity contribution is 9.10. The molecule has 30 heavy (non-hydrogen) atoms. The van der Waals surface area contributed by atoms with Crippen molar-refractivity contribution in [3.8, 4) is 11.5 Å². The Labute approximate surface area is 180 Å². The second kappa shape index (κ2) is 8.62. The number of H-pyrrole nitrogens is 2. The summed E-state index contributed by atoms with van der Waals surface area (Å²) in [6.07, 6.45) is 0. The third-order valence-electron chi connectivity index (χ3n) is 4.60. The highest BCUT2D eigenvalue weighted by Gasteiger charge is 2.12. The van der Waals surface area contributed by atoms with Crippen LogP contribution < -0.4 is 20.5 Å². The van der Waals surface area contributed by atoms with Crippen LogP contribution in [0.3, 0.4) is 0 Å². The number of aromatic nitrogens is 2. The van der Waals surface area contributed by atoms with E-state index >= 15 is 0 Å². The van der Waals surface area contributed by atoms with E-state index in [9.17, 15) is 9.18 Å². The Morgan fingerprint density at radius 1 is 1.00 bits per heavy atom. The van der Waals surface area contributed by atoms with Gasteiger partial charge in [0.15, 0.2) is 11.5 Å². The van der Waals surface area contributed by atoms with Crippen LogP contribution in [0.4, 0.5) is 10.1 Å². The number of rotatable bonds is 7. The lowest BCUT2D eigenvalue weighted by atomic mass is 10.2. The number of anilines is 1. The van der Waals surface area contributed by atoms with Crippen molar-refractivity contribution in [2.24, 2.45) is 0 Å². The molecule has 0 amide bonds. The molecule has 0 saturated heterocycles. The largest absolute Gasteiger partial charge is 0.493 e. The molecule has 0 aliphatic carbocycles. The molecular formula is C22H19BrFN3O3. The normalized spacial score (nSPS) is 10.9. The number of benzene rings is 3. The van der Waals surface area contributed by atoms with Crippen LogP contribution in [0.15, 0.2) is 63.9 Å². The predicted molar refractivity (Wildman–Crippen MR) is 118 cm³/mol. The highest BCUT2D eigenvalue weighted by Crippen LogP contribution is 2.37. The van der Waals surface area contributed by atoms with E-state index < -0.39 is 0 Å². The van der Waals surface area contributed by atoms with Crippen LogP contribution >= 0.6 is 15.9 Å². The minimum atomic E-state index is -0.281. The molecule has 1 aromatic heterocycles. The fourth-order valence-corrected chi connectivity index (χ4v) is 3.70. The summed E-state index contributed by atoms with van der Waals surface area (Å²) in [4.78, 5) is 16.9. The van der Waals surface area contributed by atoms with Crippen molar-refractivity contribution in [2.75, 3.05) is 12.4 Å². The average molecular weight is 472 g/mol. The van der Waals surface area contributed by atoms with Crippen molar-refractivity contribution >= 4 is 32.7 Å². The number of imidazole rings is 1. The van der Waals surface area contributed by atoms with Crippen LogP contribution in [0.5, 0.6) is 11.5 Å². The van der Waals surface area contributed by atoms with Gasteiger partial charge in [-0.1, -0.05) is 12.1 Å². The number of nitrogens with one attached hydrogen (secondary N) is 3. The fraction of sp³-hybridized carbons (Fsp3) is 0.136. The van der Waals surface area contributed by atoms with Crippen LogP contribution in [0.1, 0.15) is 11.1 Å². The molecule has 6 nitrogen and oxygen atoms in total. The number of hydrogen-bond acceptors (Lipinski definition) is 4. The molecule has 0 spiro atoms. The van der Waals surface area contributed by atoms with Crippen LogP contribution in [0, 0.1) is 5.82 Å². The van der Waals surface area contributed by atoms with Crippen molar-refractivity contribution in [1.29, 1.82) is 0 Å². The highest BCUT2D eigenvalue weighted by atomic mass is 79.9. The molecule has 0 unspecified atom stereocenters. The maximum atomic E-state index is 13.1. The standard InChI is InChI=1S/C22H19BrFN3O3/c1-29-20-9-14(11-25-16-6-7-18-19(10-16)27-22(28)26-18)8-17(23)21(20)30-12-13-2-4-15(24)5-3-13/h2-10,25H,11-12H2,1H3,(H2,26,27,28). The van der Waals surface area contributed by atoms with E-state index in [0.717, 1.165) is 32.3 Å². The van der Waals surface area contributed by atoms with Crippen LogP contribution in [0.2, 0.25) is 0 Å². The zero-order valence-electron chi connectivity index (χ0n) is 16.1. The Morgan fingerprint density at radius 2 is 1.77 bits per heavy atom. The maximum absolute atomic E-state index is 13.1. The van der Waals surface area contributed by atoms with Gasteiger partial charge in [0.25, 0.3) is 0 Å². The summed E-state index contributed by atoms with van der Waals surface area (Å²) >= 11 is 3.55. The lowest BCUT2D eigenvalue weighted by Gasteiger charge is -2.15. The topological polar surface area (TPSA) is 79.1 Å². The van der Waals surface area contributed by atoms with Gasteiger partial charge in [-0.15, -0.1) is 0 Å². The summed E-state index contributed by atoms with van der Waals surface area (Å²) in [5.41, 5.74) is 3.99. The SMILES string of the molecule is COc1cc(CNc2ccc3[nH]c(=O)[nH]c3c2)cc(Br)c1OCc1ccc(F)cc1. The average Bonchev–Trinajstić information content (AvgIpc) is 3.11. The van der Waals surface area contributed by atoms with Gasteiger partial charge < -0.3 is 24.8 Å². The van der Waals surface area contributed by atoms with Crippen LogP contribution in [-0.4, -0.2) is 17.1 Å². The summed E-state index contributed by atoms with van der Waals surface area (Å²) in [5, 5.41) is 3.33. The Kier molecular flexibility index (Phi) is 5.76. The quantitative estimate of drug-likeness (QED) is 0.356. The maximum Gasteiger partial charge on any atom is 0.323 e. The van der Waals surface area contributed by atoms with Gasteiger partial charge in [-0.3, -0.25) is 0 Å². The second-order valence-electron chi connectivity index (χ2n) is 6.72. The molecule has 0 bridgehead atoms. The summed E-state index contributed by atoms with van der Waals surface area (Å²) in [5.74, 6) is 0.891. The Hall–Kier alpha value is -3.26. The summed E-state index contributed by atoms with van der Waals surface area (Å²) in [7, 11) is 1.58. The molecule has 0 fully saturated rings. The van der Waals surface area contributed by atoms with E-state index in [1.54, 1.807) is 19.2 Å². The molecule has 1 heterocycles. The van der Waals surface area contributed by atoms with Gasteiger partial charge >= 0.3 is 5.69 Å². The molecule has 4 rings (SSSR count). The van der Waals surface area contributed by atoms with Gasteiger partial charge in [-0.05, 0) is 69.5 Å². The van der Waals surface area contributed by atoms with Crippen LogP contribution in [0.25, 0.3) is 11.0 Å². The van der Waals surface area contributed by atoms with Crippen LogP contribution in [-0.2, 0) is 13.2 Å². The van der Waals surface area contributed by atoms with Crippen molar-refractivity contribution in [3.05, 3.63) is 86.5 Å². The first-order valence-corrected chi connectivity index (χ1v) is 10.0. The molecule has 0 radical (unpaired) electrons. The van der Waals surface area contributed by atoms with Gasteiger partial charge in [0.1, 0.15) is 12.4 Å². The zero-order chi connectivity index (χ0) is 21.1. The first-order chi connectivity index (χ1) is 14.5. The molecule has 0 aliphatic heterocycles. The molecule has 4 aromatic rings. The summed E-state index contributed by atoms with van der Waals surface area (Å²) in [6, 6.07) is 15.6. The third kappa shape index (κ3) is 4.49. The number of hydrogen-bond donors (Lipinski definition) is 3. The molecule has 3 aromatic carbocycles. The van der Waals surface area contributed by atoms with E-state index in [1.807, 2.05) is 30.3 Å². The fourth-order valence-electron chi connectivity index (χ4n) is 3.10. The Bertz CT molecular complexity index is 1230. The zero-order valence-corrected chi connectivity index (χ0v) is 17.7. The smallest absolute Gasteiger partial charge is 0.323 e. The molecular weight excluding hydrogens is 453 g/mol. The number of ether oxygens (including phenoxy) is 2. The first kappa shape index (κ1) is 20.0. The number of fused-ring (bicyclic) bond motifs is 1. The lowest BCUT2D eigenvalue weighted by Crippen LogP contribution is -2.03. The van der Waals surface area contributed by atoms with Gasteiger partial charge in [0.2, 0.25) is 0 Å². The molecule has 0 saturated carbocycles. The van der Waals surface area contributed by atoms with Gasteiger partial charge in [0.05, 0.1) is 22.6 Å². The number of halogens is 2. The van der Waals surface area contributed by atoms with Gasteiger partial charge in [-0.25, -0.2) is 9.18 Å². The predicted octanol–water partition coefficient (Wildman–Crippen LogP) is 4.96. The van der Waals surface area contributed by atoms with E-state index in [1.165, 1.54) is 12.1 Å². The summed E-state index contributed by atoms with van der Waals surface area (Å²) < 4.78 is 25.2. The van der Waals surface area contributed by atoms with E-state index in [0.29, 0.717) is 24.7 Å². The first-order valence-electron chi connectivity index (χ1n) is 9.21. The molecule has 0 aliphatic rings. The summed E-state index contributed by atoms with van der Waals surface area (Å²) in [6.45, 7) is 0.842. The van der Waals surface area contributed by atoms with E-state index in [4.69, 9.17) is 9.47 Å². The monoisotopic (exact) mass is 471 g/mol. The van der Waals surface area contributed by atoms with Crippen molar-refractivity contribution in [1.82, 2.24) is 9.97 Å². The number of methoxy groups -OCH3 is 1. The van der Waals surface area contributed by atoms with Crippen molar-refractivity contribution < 1.29 is 13.9 Å². The molecule has 8 heteroatoms. The second-order valence-corrected chi connectivity index (χ2v) is 7.57.